The lowest BCUT2D eigenvalue weighted by Crippen LogP contribution is -2.61. The number of Topliss-reactive ketones (excluding diaryl/α,β-unsaturated/α-hetero) is 1. The molecule has 1 unspecified atom stereocenters. The first kappa shape index (κ1) is 25.9. The van der Waals surface area contributed by atoms with E-state index in [1.54, 1.807) is 19.1 Å². The topological polar surface area (TPSA) is 122 Å². The molecule has 2 heterocycles. The van der Waals surface area contributed by atoms with Gasteiger partial charge in [0, 0.05) is 17.9 Å². The second-order valence-electron chi connectivity index (χ2n) is 10.3. The van der Waals surface area contributed by atoms with Gasteiger partial charge in [0.05, 0.1) is 18.3 Å². The maximum Gasteiger partial charge on any atom is 0.514 e. The molecule has 1 aromatic carbocycles. The molecule has 0 aromatic heterocycles. The summed E-state index contributed by atoms with van der Waals surface area (Å²) in [6.07, 6.45) is 3.68. The number of nitrogens with one attached hydrogen (secondary N) is 1. The smallest absolute Gasteiger partial charge is 0.416 e. The van der Waals surface area contributed by atoms with Crippen LogP contribution in [0, 0.1) is 23.7 Å². The number of allylic oxidation sites excluding steroid dienone is 1. The van der Waals surface area contributed by atoms with Gasteiger partial charge >= 0.3 is 6.16 Å². The van der Waals surface area contributed by atoms with E-state index in [-0.39, 0.29) is 12.3 Å². The minimum Gasteiger partial charge on any atom is -0.416 e. The quantitative estimate of drug-likeness (QED) is 0.426. The van der Waals surface area contributed by atoms with Gasteiger partial charge in [0.15, 0.2) is 5.78 Å². The molecule has 8 heteroatoms. The SMILES string of the molecule is C=C1C(O)[C@@H]2C=CC[C@H](C)C(=O)[C@](C)(O)C=COC(=O)O[C@]23C(=O)N[C@@H](Cc2ccccc2)[C@@H]3[C@@H]1C. The van der Waals surface area contributed by atoms with E-state index >= 15 is 0 Å². The van der Waals surface area contributed by atoms with Gasteiger partial charge in [-0.15, -0.1) is 0 Å². The lowest BCUT2D eigenvalue weighted by Gasteiger charge is -2.48. The number of carbonyl (C=O) groups excluding carboxylic acids is 3. The van der Waals surface area contributed by atoms with Crippen molar-refractivity contribution in [1.82, 2.24) is 5.32 Å². The normalized spacial score (nSPS) is 39.0. The highest BCUT2D eigenvalue weighted by Gasteiger charge is 2.68. The third-order valence-corrected chi connectivity index (χ3v) is 7.83. The summed E-state index contributed by atoms with van der Waals surface area (Å²) in [7, 11) is 0. The van der Waals surface area contributed by atoms with Gasteiger partial charge in [-0.25, -0.2) is 4.79 Å². The highest BCUT2D eigenvalue weighted by atomic mass is 16.7. The number of hydrogen-bond donors (Lipinski definition) is 3. The number of ether oxygens (including phenoxy) is 2. The zero-order valence-corrected chi connectivity index (χ0v) is 20.7. The molecule has 192 valence electrons. The van der Waals surface area contributed by atoms with E-state index in [1.165, 1.54) is 6.92 Å². The molecule has 8 atom stereocenters. The van der Waals surface area contributed by atoms with E-state index in [9.17, 15) is 24.6 Å². The van der Waals surface area contributed by atoms with Crippen molar-refractivity contribution >= 4 is 17.8 Å². The molecule has 1 amide bonds. The van der Waals surface area contributed by atoms with Gasteiger partial charge in [-0.3, -0.25) is 9.59 Å². The second-order valence-corrected chi connectivity index (χ2v) is 10.3. The van der Waals surface area contributed by atoms with Crippen LogP contribution in [0.3, 0.4) is 0 Å². The van der Waals surface area contributed by atoms with E-state index in [4.69, 9.17) is 9.47 Å². The van der Waals surface area contributed by atoms with Crippen LogP contribution < -0.4 is 5.32 Å². The molecule has 4 rings (SSSR count). The van der Waals surface area contributed by atoms with E-state index in [0.717, 1.165) is 17.9 Å². The Labute approximate surface area is 210 Å². The van der Waals surface area contributed by atoms with Crippen LogP contribution in [0.2, 0.25) is 0 Å². The van der Waals surface area contributed by atoms with Gasteiger partial charge in [0.2, 0.25) is 5.60 Å². The van der Waals surface area contributed by atoms with E-state index in [1.807, 2.05) is 37.3 Å². The highest BCUT2D eigenvalue weighted by Crippen LogP contribution is 2.52. The fourth-order valence-corrected chi connectivity index (χ4v) is 5.86. The lowest BCUT2D eigenvalue weighted by atomic mass is 9.59. The summed E-state index contributed by atoms with van der Waals surface area (Å²) in [5, 5.41) is 24.8. The third kappa shape index (κ3) is 4.40. The first-order valence-corrected chi connectivity index (χ1v) is 12.2. The molecule has 1 aliphatic carbocycles. The number of amides is 1. The summed E-state index contributed by atoms with van der Waals surface area (Å²) in [6, 6.07) is 9.26. The summed E-state index contributed by atoms with van der Waals surface area (Å²) in [6.45, 7) is 8.95. The average molecular weight is 496 g/mol. The number of aliphatic hydroxyl groups is 2. The van der Waals surface area contributed by atoms with Crippen LogP contribution >= 0.6 is 0 Å². The zero-order valence-electron chi connectivity index (χ0n) is 20.7. The van der Waals surface area contributed by atoms with Crippen molar-refractivity contribution in [2.75, 3.05) is 0 Å². The number of rotatable bonds is 2. The van der Waals surface area contributed by atoms with Crippen molar-refractivity contribution in [3.63, 3.8) is 0 Å². The van der Waals surface area contributed by atoms with Crippen molar-refractivity contribution in [3.8, 4) is 0 Å². The van der Waals surface area contributed by atoms with Crippen LogP contribution in [0.15, 0.2) is 67.0 Å². The number of aliphatic hydroxyl groups excluding tert-OH is 1. The van der Waals surface area contributed by atoms with E-state index in [2.05, 4.69) is 11.9 Å². The van der Waals surface area contributed by atoms with Crippen molar-refractivity contribution in [3.05, 3.63) is 72.5 Å². The van der Waals surface area contributed by atoms with Crippen LogP contribution in [0.4, 0.5) is 4.79 Å². The van der Waals surface area contributed by atoms with Gasteiger partial charge in [-0.1, -0.05) is 62.9 Å². The van der Waals surface area contributed by atoms with Crippen LogP contribution in [0.5, 0.6) is 0 Å². The minimum atomic E-state index is -1.86. The standard InChI is InChI=1S/C28H33NO7/c1-16-9-8-12-20-23(30)18(3)17(2)22-21(15-19-10-6-5-7-11-19)29-25(32)28(20,22)36-26(33)35-14-13-27(4,34)24(16)31/h5-8,10-14,16-17,20-23,30,34H,3,9,15H2,1-2,4H3,(H,29,32)/t16-,17+,20-,21-,22-,23?,27+,28+/m0/s1. The monoisotopic (exact) mass is 495 g/mol. The number of hydrogen-bond acceptors (Lipinski definition) is 7. The van der Waals surface area contributed by atoms with Gasteiger partial charge in [0.25, 0.3) is 5.91 Å². The Morgan fingerprint density at radius 2 is 1.86 bits per heavy atom. The molecule has 1 aromatic rings. The van der Waals surface area contributed by atoms with Crippen LogP contribution in [-0.2, 0) is 25.5 Å². The maximum absolute atomic E-state index is 13.7. The highest BCUT2D eigenvalue weighted by molar-refractivity contribution is 5.92. The molecule has 1 saturated carbocycles. The van der Waals surface area contributed by atoms with Crippen molar-refractivity contribution in [1.29, 1.82) is 0 Å². The molecular weight excluding hydrogens is 462 g/mol. The minimum absolute atomic E-state index is 0.249. The molecule has 1 spiro atoms. The van der Waals surface area contributed by atoms with E-state index in [0.29, 0.717) is 12.0 Å². The molecule has 0 bridgehead atoms. The Hall–Kier alpha value is -3.23. The van der Waals surface area contributed by atoms with Crippen molar-refractivity contribution in [2.24, 2.45) is 23.7 Å². The number of ketones is 1. The molecule has 8 nitrogen and oxygen atoms in total. The molecule has 2 aliphatic heterocycles. The second kappa shape index (κ2) is 9.67. The average Bonchev–Trinajstić information content (AvgIpc) is 3.10. The Morgan fingerprint density at radius 1 is 1.17 bits per heavy atom. The fourth-order valence-electron chi connectivity index (χ4n) is 5.86. The molecule has 2 fully saturated rings. The summed E-state index contributed by atoms with van der Waals surface area (Å²) < 4.78 is 10.9. The van der Waals surface area contributed by atoms with Gasteiger partial charge in [-0.05, 0) is 42.9 Å². The van der Waals surface area contributed by atoms with Crippen LogP contribution in [-0.4, -0.2) is 51.4 Å². The Kier molecular flexibility index (Phi) is 6.94. The first-order chi connectivity index (χ1) is 17.0. The largest absolute Gasteiger partial charge is 0.514 e. The predicted molar refractivity (Wildman–Crippen MR) is 131 cm³/mol. The Morgan fingerprint density at radius 3 is 2.56 bits per heavy atom. The molecule has 36 heavy (non-hydrogen) atoms. The zero-order chi connectivity index (χ0) is 26.3. The maximum atomic E-state index is 13.7. The predicted octanol–water partition coefficient (Wildman–Crippen LogP) is 2.85. The van der Waals surface area contributed by atoms with E-state index < -0.39 is 58.9 Å². The molecular formula is C28H33NO7. The molecule has 3 N–H and O–H groups in total. The van der Waals surface area contributed by atoms with Crippen molar-refractivity contribution in [2.45, 2.75) is 57.0 Å². The first-order valence-electron chi connectivity index (χ1n) is 12.2. The van der Waals surface area contributed by atoms with Gasteiger partial charge < -0.3 is 25.0 Å². The Balaban J connectivity index is 1.80. The van der Waals surface area contributed by atoms with Crippen LogP contribution in [0.25, 0.3) is 0 Å². The summed E-state index contributed by atoms with van der Waals surface area (Å²) in [4.78, 5) is 39.3. The van der Waals surface area contributed by atoms with Crippen molar-refractivity contribution < 1.29 is 34.1 Å². The third-order valence-electron chi connectivity index (χ3n) is 7.83. The molecule has 1 saturated heterocycles. The number of cyclic esters (lactones) is 1. The fraction of sp³-hybridized carbons (Fsp3) is 0.464. The van der Waals surface area contributed by atoms with Gasteiger partial charge in [-0.2, -0.15) is 0 Å². The summed E-state index contributed by atoms with van der Waals surface area (Å²) in [5.41, 5.74) is -2.08. The summed E-state index contributed by atoms with van der Waals surface area (Å²) >= 11 is 0. The number of benzene rings is 1. The molecule has 3 aliphatic rings. The molecule has 0 radical (unpaired) electrons. The van der Waals surface area contributed by atoms with Crippen LogP contribution in [0.1, 0.15) is 32.8 Å². The number of carbonyl (C=O) groups is 3. The summed E-state index contributed by atoms with van der Waals surface area (Å²) in [5.74, 6) is -3.41. The van der Waals surface area contributed by atoms with Gasteiger partial charge in [0.1, 0.15) is 5.60 Å². The Bertz CT molecular complexity index is 1110. The lowest BCUT2D eigenvalue weighted by molar-refractivity contribution is -0.159.